The number of anilines is 1. The summed E-state index contributed by atoms with van der Waals surface area (Å²) in [6.07, 6.45) is 0.804. The second kappa shape index (κ2) is 10.0. The van der Waals surface area contributed by atoms with Gasteiger partial charge in [0.2, 0.25) is 0 Å². The molecule has 3 N–H and O–H groups in total. The monoisotopic (exact) mass is 456 g/mol. The Kier molecular flexibility index (Phi) is 6.73. The molecule has 7 heteroatoms. The van der Waals surface area contributed by atoms with E-state index in [1.807, 2.05) is 24.3 Å². The van der Waals surface area contributed by atoms with Crippen molar-refractivity contribution < 1.29 is 24.2 Å². The molecule has 0 aliphatic heterocycles. The predicted octanol–water partition coefficient (Wildman–Crippen LogP) is 4.81. The molecule has 0 aromatic heterocycles. The Morgan fingerprint density at radius 2 is 1.59 bits per heavy atom. The standard InChI is InChI=1S/C27H24N2O5/c1-17(26(31)32)13-14-28-25(30)18-7-6-8-19(15-18)29-27(33)34-16-24-22-11-4-2-9-20(22)21-10-3-5-12-23(21)24/h2-13,15,24H,14,16H2,1H3,(H,28,30)(H,29,33)(H,31,32)/b17-13+. The lowest BCUT2D eigenvalue weighted by Crippen LogP contribution is -2.24. The van der Waals surface area contributed by atoms with Crippen molar-refractivity contribution in [3.8, 4) is 11.1 Å². The van der Waals surface area contributed by atoms with Gasteiger partial charge in [0.05, 0.1) is 0 Å². The first-order valence-electron chi connectivity index (χ1n) is 10.8. The Morgan fingerprint density at radius 1 is 0.941 bits per heavy atom. The number of hydrogen-bond acceptors (Lipinski definition) is 4. The molecule has 2 amide bonds. The van der Waals surface area contributed by atoms with Crippen molar-refractivity contribution in [2.24, 2.45) is 0 Å². The van der Waals surface area contributed by atoms with E-state index in [0.717, 1.165) is 22.3 Å². The highest BCUT2D eigenvalue weighted by Crippen LogP contribution is 2.44. The molecule has 7 nitrogen and oxygen atoms in total. The molecule has 0 heterocycles. The van der Waals surface area contributed by atoms with E-state index in [4.69, 9.17) is 9.84 Å². The number of aliphatic carboxylic acids is 1. The maximum atomic E-state index is 12.5. The van der Waals surface area contributed by atoms with Crippen LogP contribution in [-0.2, 0) is 9.53 Å². The average molecular weight is 456 g/mol. The van der Waals surface area contributed by atoms with Crippen molar-refractivity contribution in [2.45, 2.75) is 12.8 Å². The van der Waals surface area contributed by atoms with Gasteiger partial charge in [-0.1, -0.05) is 60.7 Å². The Balaban J connectivity index is 1.37. The molecule has 34 heavy (non-hydrogen) atoms. The Morgan fingerprint density at radius 3 is 2.24 bits per heavy atom. The van der Waals surface area contributed by atoms with E-state index in [2.05, 4.69) is 34.9 Å². The number of carbonyl (C=O) groups is 3. The molecular formula is C27H24N2O5. The maximum Gasteiger partial charge on any atom is 0.411 e. The number of rotatable bonds is 7. The summed E-state index contributed by atoms with van der Waals surface area (Å²) in [5.74, 6) is -1.47. The highest BCUT2D eigenvalue weighted by atomic mass is 16.5. The van der Waals surface area contributed by atoms with E-state index < -0.39 is 12.1 Å². The Hall–Kier alpha value is -4.39. The van der Waals surface area contributed by atoms with Crippen molar-refractivity contribution in [3.63, 3.8) is 0 Å². The third-order valence-corrected chi connectivity index (χ3v) is 5.72. The fraction of sp³-hybridized carbons (Fsp3) is 0.148. The van der Waals surface area contributed by atoms with E-state index >= 15 is 0 Å². The summed E-state index contributed by atoms with van der Waals surface area (Å²) >= 11 is 0. The topological polar surface area (TPSA) is 105 Å². The molecule has 3 aromatic carbocycles. The fourth-order valence-electron chi connectivity index (χ4n) is 3.98. The first-order valence-corrected chi connectivity index (χ1v) is 10.8. The van der Waals surface area contributed by atoms with Gasteiger partial charge in [0.15, 0.2) is 0 Å². The van der Waals surface area contributed by atoms with E-state index in [1.165, 1.54) is 19.1 Å². The molecule has 1 aliphatic rings. The number of carbonyl (C=O) groups excluding carboxylic acids is 2. The van der Waals surface area contributed by atoms with Crippen LogP contribution in [0.15, 0.2) is 84.4 Å². The highest BCUT2D eigenvalue weighted by Gasteiger charge is 2.29. The molecule has 0 atom stereocenters. The summed E-state index contributed by atoms with van der Waals surface area (Å²) in [6, 6.07) is 22.6. The largest absolute Gasteiger partial charge is 0.478 e. The van der Waals surface area contributed by atoms with Crippen LogP contribution in [0.4, 0.5) is 10.5 Å². The fourth-order valence-corrected chi connectivity index (χ4v) is 3.98. The van der Waals surface area contributed by atoms with Crippen molar-refractivity contribution >= 4 is 23.7 Å². The zero-order chi connectivity index (χ0) is 24.1. The van der Waals surface area contributed by atoms with Gasteiger partial charge >= 0.3 is 12.1 Å². The number of amides is 2. The van der Waals surface area contributed by atoms with Gasteiger partial charge < -0.3 is 15.2 Å². The van der Waals surface area contributed by atoms with Crippen LogP contribution in [0.5, 0.6) is 0 Å². The van der Waals surface area contributed by atoms with Crippen LogP contribution < -0.4 is 10.6 Å². The van der Waals surface area contributed by atoms with E-state index in [1.54, 1.807) is 18.2 Å². The molecular weight excluding hydrogens is 432 g/mol. The predicted molar refractivity (Wildman–Crippen MR) is 129 cm³/mol. The quantitative estimate of drug-likeness (QED) is 0.443. The van der Waals surface area contributed by atoms with Crippen molar-refractivity contribution in [2.75, 3.05) is 18.5 Å². The van der Waals surface area contributed by atoms with Gasteiger partial charge in [-0.05, 0) is 47.4 Å². The van der Waals surface area contributed by atoms with Crippen LogP contribution in [0.1, 0.15) is 34.3 Å². The van der Waals surface area contributed by atoms with Crippen LogP contribution in [0.2, 0.25) is 0 Å². The maximum absolute atomic E-state index is 12.5. The summed E-state index contributed by atoms with van der Waals surface area (Å²) < 4.78 is 5.54. The normalized spacial score (nSPS) is 12.4. The molecule has 0 saturated carbocycles. The van der Waals surface area contributed by atoms with Crippen LogP contribution in [0.3, 0.4) is 0 Å². The molecule has 172 valence electrons. The number of ether oxygens (including phenoxy) is 1. The smallest absolute Gasteiger partial charge is 0.411 e. The Bertz CT molecular complexity index is 1240. The first-order chi connectivity index (χ1) is 16.4. The van der Waals surface area contributed by atoms with Crippen molar-refractivity contribution in [1.29, 1.82) is 0 Å². The highest BCUT2D eigenvalue weighted by molar-refractivity contribution is 5.96. The third kappa shape index (κ3) is 4.99. The van der Waals surface area contributed by atoms with Crippen LogP contribution in [-0.4, -0.2) is 36.2 Å². The molecule has 1 aliphatic carbocycles. The zero-order valence-electron chi connectivity index (χ0n) is 18.6. The first kappa shape index (κ1) is 22.8. The van der Waals surface area contributed by atoms with Crippen molar-refractivity contribution in [1.82, 2.24) is 5.32 Å². The second-order valence-electron chi connectivity index (χ2n) is 7.93. The lowest BCUT2D eigenvalue weighted by molar-refractivity contribution is -0.132. The summed E-state index contributed by atoms with van der Waals surface area (Å²) in [7, 11) is 0. The van der Waals surface area contributed by atoms with Gasteiger partial charge in [-0.3, -0.25) is 10.1 Å². The van der Waals surface area contributed by atoms with Crippen LogP contribution in [0, 0.1) is 0 Å². The summed E-state index contributed by atoms with van der Waals surface area (Å²) in [4.78, 5) is 35.6. The average Bonchev–Trinajstić information content (AvgIpc) is 3.16. The third-order valence-electron chi connectivity index (χ3n) is 5.72. The van der Waals surface area contributed by atoms with E-state index in [0.29, 0.717) is 11.3 Å². The van der Waals surface area contributed by atoms with Crippen LogP contribution >= 0.6 is 0 Å². The molecule has 0 saturated heterocycles. The second-order valence-corrected chi connectivity index (χ2v) is 7.93. The van der Waals surface area contributed by atoms with Gasteiger partial charge in [0, 0.05) is 29.3 Å². The van der Waals surface area contributed by atoms with Gasteiger partial charge in [0.1, 0.15) is 6.61 Å². The molecule has 0 spiro atoms. The minimum absolute atomic E-state index is 0.0439. The van der Waals surface area contributed by atoms with E-state index in [9.17, 15) is 14.4 Å². The number of benzene rings is 3. The van der Waals surface area contributed by atoms with Gasteiger partial charge in [-0.25, -0.2) is 9.59 Å². The molecule has 0 bridgehead atoms. The van der Waals surface area contributed by atoms with E-state index in [-0.39, 0.29) is 30.5 Å². The summed E-state index contributed by atoms with van der Waals surface area (Å²) in [5, 5.41) is 14.2. The minimum Gasteiger partial charge on any atom is -0.478 e. The lowest BCUT2D eigenvalue weighted by Gasteiger charge is -2.15. The molecule has 0 fully saturated rings. The number of carboxylic acids is 1. The molecule has 0 radical (unpaired) electrons. The minimum atomic E-state index is -1.04. The number of nitrogens with one attached hydrogen (secondary N) is 2. The molecule has 3 aromatic rings. The number of carboxylic acid groups (broad SMARTS) is 1. The van der Waals surface area contributed by atoms with Gasteiger partial charge in [0.25, 0.3) is 5.91 Å². The van der Waals surface area contributed by atoms with Gasteiger partial charge in [-0.15, -0.1) is 0 Å². The van der Waals surface area contributed by atoms with Gasteiger partial charge in [-0.2, -0.15) is 0 Å². The zero-order valence-corrected chi connectivity index (χ0v) is 18.6. The number of hydrogen-bond donors (Lipinski definition) is 3. The lowest BCUT2D eigenvalue weighted by atomic mass is 9.98. The molecule has 0 unspecified atom stereocenters. The molecule has 4 rings (SSSR count). The SMILES string of the molecule is C/C(=C\CNC(=O)c1cccc(NC(=O)OCC2c3ccccc3-c3ccccc32)c1)C(=O)O. The Labute approximate surface area is 197 Å². The van der Waals surface area contributed by atoms with Crippen molar-refractivity contribution in [3.05, 3.63) is 101 Å². The summed E-state index contributed by atoms with van der Waals surface area (Å²) in [5.41, 5.74) is 5.45. The number of fused-ring (bicyclic) bond motifs is 3. The van der Waals surface area contributed by atoms with Crippen LogP contribution in [0.25, 0.3) is 11.1 Å². The summed E-state index contributed by atoms with van der Waals surface area (Å²) in [6.45, 7) is 1.73.